The van der Waals surface area contributed by atoms with Crippen molar-refractivity contribution < 1.29 is 19.1 Å². The van der Waals surface area contributed by atoms with E-state index in [0.29, 0.717) is 21.9 Å². The number of carbonyl (C=O) groups is 3. The van der Waals surface area contributed by atoms with Crippen molar-refractivity contribution in [2.75, 3.05) is 6.61 Å². The fourth-order valence-electron chi connectivity index (χ4n) is 2.62. The normalized spacial score (nSPS) is 10.3. The molecule has 2 N–H and O–H groups in total. The van der Waals surface area contributed by atoms with E-state index in [9.17, 15) is 14.4 Å². The Morgan fingerprint density at radius 2 is 1.47 bits per heavy atom. The summed E-state index contributed by atoms with van der Waals surface area (Å²) in [7, 11) is 0. The first-order valence-corrected chi connectivity index (χ1v) is 11.1. The Bertz CT molecular complexity index is 1080. The number of hydrogen-bond acceptors (Lipinski definition) is 5. The Balaban J connectivity index is 1.41. The van der Waals surface area contributed by atoms with Gasteiger partial charge in [0.05, 0.1) is 0 Å². The monoisotopic (exact) mass is 468 g/mol. The molecule has 0 heterocycles. The van der Waals surface area contributed by atoms with Crippen LogP contribution >= 0.6 is 23.4 Å². The van der Waals surface area contributed by atoms with E-state index in [1.165, 1.54) is 6.92 Å². The van der Waals surface area contributed by atoms with Crippen molar-refractivity contribution in [3.8, 4) is 5.75 Å². The summed E-state index contributed by atoms with van der Waals surface area (Å²) >= 11 is 7.56. The van der Waals surface area contributed by atoms with Gasteiger partial charge in [0, 0.05) is 26.8 Å². The molecule has 0 aliphatic heterocycles. The van der Waals surface area contributed by atoms with E-state index < -0.39 is 11.8 Å². The highest BCUT2D eigenvalue weighted by Crippen LogP contribution is 2.24. The molecule has 0 aliphatic rings. The fraction of sp³-hybridized carbons (Fsp3) is 0.125. The highest BCUT2D eigenvalue weighted by molar-refractivity contribution is 7.98. The SMILES string of the molecule is CC(=O)c1ccc(OCC(=O)NNC(=O)c2ccc(CSc3ccc(Cl)cc3)cc2)cc1. The van der Waals surface area contributed by atoms with Gasteiger partial charge < -0.3 is 4.74 Å². The predicted molar refractivity (Wildman–Crippen MR) is 125 cm³/mol. The van der Waals surface area contributed by atoms with Crippen molar-refractivity contribution in [1.29, 1.82) is 0 Å². The summed E-state index contributed by atoms with van der Waals surface area (Å²) in [5.41, 5.74) is 6.72. The number of Topliss-reactive ketones (excluding diaryl/α,β-unsaturated/α-hetero) is 1. The Labute approximate surface area is 195 Å². The predicted octanol–water partition coefficient (Wildman–Crippen LogP) is 4.67. The number of hydrazine groups is 1. The van der Waals surface area contributed by atoms with Gasteiger partial charge in [0.25, 0.3) is 11.8 Å². The molecule has 3 aromatic carbocycles. The van der Waals surface area contributed by atoms with Crippen LogP contribution in [0.5, 0.6) is 5.75 Å². The van der Waals surface area contributed by atoms with Crippen molar-refractivity contribution in [2.45, 2.75) is 17.6 Å². The standard InChI is InChI=1S/C24H21ClN2O4S/c1-16(28)18-6-10-21(11-7-18)31-14-23(29)26-27-24(30)19-4-2-17(3-5-19)15-32-22-12-8-20(25)9-13-22/h2-13H,14-15H2,1H3,(H,26,29)(H,27,30). The average molecular weight is 469 g/mol. The van der Waals surface area contributed by atoms with Crippen LogP contribution in [0.4, 0.5) is 0 Å². The van der Waals surface area contributed by atoms with Crippen molar-refractivity contribution in [2.24, 2.45) is 0 Å². The molecular formula is C24H21ClN2O4S. The van der Waals surface area contributed by atoms with Crippen molar-refractivity contribution in [1.82, 2.24) is 10.9 Å². The lowest BCUT2D eigenvalue weighted by atomic mass is 10.1. The van der Waals surface area contributed by atoms with Gasteiger partial charge in [0.15, 0.2) is 12.4 Å². The van der Waals surface area contributed by atoms with Gasteiger partial charge in [-0.3, -0.25) is 25.2 Å². The minimum absolute atomic E-state index is 0.0506. The van der Waals surface area contributed by atoms with Gasteiger partial charge in [-0.15, -0.1) is 11.8 Å². The first-order chi connectivity index (χ1) is 15.4. The number of ether oxygens (including phenoxy) is 1. The number of ketones is 1. The van der Waals surface area contributed by atoms with Gasteiger partial charge in [-0.25, -0.2) is 0 Å². The Kier molecular flexibility index (Phi) is 8.30. The molecule has 0 atom stereocenters. The zero-order chi connectivity index (χ0) is 22.9. The summed E-state index contributed by atoms with van der Waals surface area (Å²) < 4.78 is 5.34. The lowest BCUT2D eigenvalue weighted by Crippen LogP contribution is -2.43. The maximum Gasteiger partial charge on any atom is 0.276 e. The van der Waals surface area contributed by atoms with Crippen LogP contribution in [-0.2, 0) is 10.5 Å². The van der Waals surface area contributed by atoms with E-state index in [0.717, 1.165) is 16.2 Å². The second kappa shape index (κ2) is 11.4. The Hall–Kier alpha value is -3.29. The minimum atomic E-state index is -0.509. The van der Waals surface area contributed by atoms with Gasteiger partial charge in [0.2, 0.25) is 0 Å². The largest absolute Gasteiger partial charge is 0.484 e. The quantitative estimate of drug-likeness (QED) is 0.285. The van der Waals surface area contributed by atoms with Gasteiger partial charge in [0.1, 0.15) is 5.75 Å². The molecule has 0 spiro atoms. The number of halogens is 1. The Morgan fingerprint density at radius 3 is 2.09 bits per heavy atom. The highest BCUT2D eigenvalue weighted by atomic mass is 35.5. The molecular weight excluding hydrogens is 448 g/mol. The third-order valence-corrected chi connectivity index (χ3v) is 5.72. The van der Waals surface area contributed by atoms with Gasteiger partial charge >= 0.3 is 0 Å². The smallest absolute Gasteiger partial charge is 0.276 e. The van der Waals surface area contributed by atoms with Crippen LogP contribution in [-0.4, -0.2) is 24.2 Å². The van der Waals surface area contributed by atoms with E-state index in [1.54, 1.807) is 48.2 Å². The maximum absolute atomic E-state index is 12.2. The molecule has 164 valence electrons. The summed E-state index contributed by atoms with van der Waals surface area (Å²) in [6.45, 7) is 1.19. The first-order valence-electron chi connectivity index (χ1n) is 9.71. The molecule has 0 fully saturated rings. The third-order valence-electron chi connectivity index (χ3n) is 4.38. The molecule has 2 amide bonds. The zero-order valence-electron chi connectivity index (χ0n) is 17.3. The number of rotatable bonds is 8. The number of benzene rings is 3. The molecule has 8 heteroatoms. The van der Waals surface area contributed by atoms with Crippen LogP contribution in [0.3, 0.4) is 0 Å². The van der Waals surface area contributed by atoms with Crippen molar-refractivity contribution >= 4 is 41.0 Å². The molecule has 3 rings (SSSR count). The molecule has 0 saturated heterocycles. The highest BCUT2D eigenvalue weighted by Gasteiger charge is 2.09. The fourth-order valence-corrected chi connectivity index (χ4v) is 3.60. The van der Waals surface area contributed by atoms with Gasteiger partial charge in [-0.05, 0) is 73.2 Å². The number of amides is 2. The summed E-state index contributed by atoms with van der Waals surface area (Å²) in [5, 5.41) is 0.701. The molecule has 6 nitrogen and oxygen atoms in total. The van der Waals surface area contributed by atoms with Crippen molar-refractivity contribution in [3.63, 3.8) is 0 Å². The van der Waals surface area contributed by atoms with E-state index in [1.807, 2.05) is 36.4 Å². The summed E-state index contributed by atoms with van der Waals surface area (Å²) in [4.78, 5) is 36.5. The Morgan fingerprint density at radius 1 is 0.844 bits per heavy atom. The molecule has 0 saturated carbocycles. The third kappa shape index (κ3) is 7.14. The van der Waals surface area contributed by atoms with Crippen LogP contribution in [0.15, 0.2) is 77.7 Å². The molecule has 0 aliphatic carbocycles. The lowest BCUT2D eigenvalue weighted by Gasteiger charge is -2.09. The number of hydrogen-bond donors (Lipinski definition) is 2. The van der Waals surface area contributed by atoms with Gasteiger partial charge in [-0.1, -0.05) is 23.7 Å². The molecule has 3 aromatic rings. The zero-order valence-corrected chi connectivity index (χ0v) is 18.8. The van der Waals surface area contributed by atoms with Crippen LogP contribution in [0, 0.1) is 0 Å². The molecule has 0 bridgehead atoms. The second-order valence-corrected chi connectivity index (χ2v) is 8.30. The topological polar surface area (TPSA) is 84.5 Å². The second-order valence-electron chi connectivity index (χ2n) is 6.81. The van der Waals surface area contributed by atoms with Crippen molar-refractivity contribution in [3.05, 3.63) is 94.5 Å². The summed E-state index contributed by atoms with van der Waals surface area (Å²) in [6.07, 6.45) is 0. The van der Waals surface area contributed by atoms with Crippen LogP contribution in [0.25, 0.3) is 0 Å². The summed E-state index contributed by atoms with van der Waals surface area (Å²) in [5.74, 6) is 0.213. The van der Waals surface area contributed by atoms with Crippen LogP contribution in [0.2, 0.25) is 5.02 Å². The van der Waals surface area contributed by atoms with E-state index in [2.05, 4.69) is 10.9 Å². The first kappa shape index (κ1) is 23.4. The molecule has 32 heavy (non-hydrogen) atoms. The van der Waals surface area contributed by atoms with Crippen LogP contribution < -0.4 is 15.6 Å². The maximum atomic E-state index is 12.2. The lowest BCUT2D eigenvalue weighted by molar-refractivity contribution is -0.123. The molecule has 0 unspecified atom stereocenters. The molecule has 0 aromatic heterocycles. The number of thioether (sulfide) groups is 1. The summed E-state index contributed by atoms with van der Waals surface area (Å²) in [6, 6.07) is 21.2. The van der Waals surface area contributed by atoms with Crippen LogP contribution in [0.1, 0.15) is 33.2 Å². The number of carbonyl (C=O) groups excluding carboxylic acids is 3. The van der Waals surface area contributed by atoms with E-state index in [4.69, 9.17) is 16.3 Å². The molecule has 0 radical (unpaired) electrons. The van der Waals surface area contributed by atoms with E-state index in [-0.39, 0.29) is 12.4 Å². The minimum Gasteiger partial charge on any atom is -0.484 e. The average Bonchev–Trinajstić information content (AvgIpc) is 2.81. The number of nitrogens with one attached hydrogen (secondary N) is 2. The van der Waals surface area contributed by atoms with Gasteiger partial charge in [-0.2, -0.15) is 0 Å². The van der Waals surface area contributed by atoms with E-state index >= 15 is 0 Å².